The lowest BCUT2D eigenvalue weighted by Gasteiger charge is -2.11. The molecule has 3 aromatic carbocycles. The zero-order valence-electron chi connectivity index (χ0n) is 14.5. The van der Waals surface area contributed by atoms with Crippen molar-refractivity contribution in [1.82, 2.24) is 9.97 Å². The quantitative estimate of drug-likeness (QED) is 0.400. The lowest BCUT2D eigenvalue weighted by Crippen LogP contribution is -1.92. The lowest BCUT2D eigenvalue weighted by atomic mass is 9.93. The van der Waals surface area contributed by atoms with Crippen LogP contribution in [0.15, 0.2) is 95.7 Å². The molecule has 1 radical (unpaired) electrons. The zero-order valence-corrected chi connectivity index (χ0v) is 14.5. The lowest BCUT2D eigenvalue weighted by molar-refractivity contribution is 0.607. The number of aromatic nitrogens is 2. The van der Waals surface area contributed by atoms with Crippen LogP contribution in [-0.4, -0.2) is 9.97 Å². The van der Waals surface area contributed by atoms with E-state index in [1.807, 2.05) is 48.5 Å². The summed E-state index contributed by atoms with van der Waals surface area (Å²) in [5.41, 5.74) is 5.90. The van der Waals surface area contributed by atoms with E-state index in [2.05, 4.69) is 46.6 Å². The monoisotopic (exact) mass is 347 g/mol. The smallest absolute Gasteiger partial charge is 0.179 e. The van der Waals surface area contributed by atoms with Crippen molar-refractivity contribution in [3.05, 3.63) is 97.5 Å². The number of fused-ring (bicyclic) bond motifs is 1. The van der Waals surface area contributed by atoms with Crippen LogP contribution < -0.4 is 0 Å². The fraction of sp³-hybridized carbons (Fsp3) is 0. The SMILES string of the molecule is [c]1oc2ccc(-c3ccccc3)c(-c3ncccn3)c2c1-c1ccccc1. The fourth-order valence-electron chi connectivity index (χ4n) is 3.40. The first-order chi connectivity index (χ1) is 13.4. The molecular weight excluding hydrogens is 332 g/mol. The third-order valence-electron chi connectivity index (χ3n) is 4.62. The maximum absolute atomic E-state index is 5.78. The summed E-state index contributed by atoms with van der Waals surface area (Å²) < 4.78 is 5.78. The van der Waals surface area contributed by atoms with E-state index in [0.29, 0.717) is 5.82 Å². The molecule has 0 aliphatic carbocycles. The Bertz CT molecular complexity index is 1200. The summed E-state index contributed by atoms with van der Waals surface area (Å²) in [6, 6.07) is 26.3. The van der Waals surface area contributed by atoms with E-state index >= 15 is 0 Å². The van der Waals surface area contributed by atoms with Gasteiger partial charge >= 0.3 is 0 Å². The standard InChI is InChI=1S/C24H15N2O/c1-3-8-17(9-4-1)19-12-13-21-22(23(19)24-25-14-7-15-26-24)20(16-27-21)18-10-5-2-6-11-18/h1-15H. The second-order valence-electron chi connectivity index (χ2n) is 6.24. The number of benzene rings is 3. The highest BCUT2D eigenvalue weighted by atomic mass is 16.3. The van der Waals surface area contributed by atoms with Gasteiger partial charge in [0.05, 0.1) is 0 Å². The van der Waals surface area contributed by atoms with Gasteiger partial charge in [-0.15, -0.1) is 0 Å². The van der Waals surface area contributed by atoms with Crippen molar-refractivity contribution < 1.29 is 4.42 Å². The van der Waals surface area contributed by atoms with E-state index in [-0.39, 0.29) is 0 Å². The summed E-state index contributed by atoms with van der Waals surface area (Å²) in [7, 11) is 0. The Kier molecular flexibility index (Phi) is 3.76. The van der Waals surface area contributed by atoms with Gasteiger partial charge in [-0.25, -0.2) is 9.97 Å². The van der Waals surface area contributed by atoms with Gasteiger partial charge in [0.1, 0.15) is 5.58 Å². The molecule has 0 bridgehead atoms. The highest BCUT2D eigenvalue weighted by molar-refractivity contribution is 6.08. The largest absolute Gasteiger partial charge is 0.452 e. The van der Waals surface area contributed by atoms with Crippen molar-refractivity contribution in [2.75, 3.05) is 0 Å². The van der Waals surface area contributed by atoms with Gasteiger partial charge in [-0.2, -0.15) is 0 Å². The maximum atomic E-state index is 5.78. The van der Waals surface area contributed by atoms with Crippen LogP contribution in [0, 0.1) is 6.26 Å². The Morgan fingerprint density at radius 3 is 2.04 bits per heavy atom. The Morgan fingerprint density at radius 1 is 0.667 bits per heavy atom. The van der Waals surface area contributed by atoms with Crippen molar-refractivity contribution in [2.45, 2.75) is 0 Å². The molecule has 5 rings (SSSR count). The summed E-state index contributed by atoms with van der Waals surface area (Å²) in [6.07, 6.45) is 6.62. The molecule has 0 spiro atoms. The topological polar surface area (TPSA) is 38.9 Å². The van der Waals surface area contributed by atoms with E-state index < -0.39 is 0 Å². The predicted molar refractivity (Wildman–Crippen MR) is 107 cm³/mol. The van der Waals surface area contributed by atoms with Crippen LogP contribution in [0.5, 0.6) is 0 Å². The van der Waals surface area contributed by atoms with Crippen LogP contribution in [0.4, 0.5) is 0 Å². The molecule has 0 saturated heterocycles. The first-order valence-corrected chi connectivity index (χ1v) is 8.77. The number of rotatable bonds is 3. The van der Waals surface area contributed by atoms with Crippen molar-refractivity contribution in [2.24, 2.45) is 0 Å². The molecule has 0 aliphatic heterocycles. The van der Waals surface area contributed by atoms with Gasteiger partial charge in [-0.3, -0.25) is 0 Å². The molecule has 3 nitrogen and oxygen atoms in total. The highest BCUT2D eigenvalue weighted by Crippen LogP contribution is 2.41. The normalized spacial score (nSPS) is 11.0. The molecule has 0 atom stereocenters. The van der Waals surface area contributed by atoms with Gasteiger partial charge < -0.3 is 4.42 Å². The van der Waals surface area contributed by atoms with Crippen LogP contribution in [0.3, 0.4) is 0 Å². The molecular formula is C24H15N2O. The first-order valence-electron chi connectivity index (χ1n) is 8.77. The van der Waals surface area contributed by atoms with Gasteiger partial charge in [-0.05, 0) is 34.9 Å². The summed E-state index contributed by atoms with van der Waals surface area (Å²) in [5.74, 6) is 0.675. The number of hydrogen-bond donors (Lipinski definition) is 0. The third kappa shape index (κ3) is 2.70. The summed E-state index contributed by atoms with van der Waals surface area (Å²) in [4.78, 5) is 9.07. The molecule has 0 N–H and O–H groups in total. The molecule has 2 aromatic heterocycles. The number of furan rings is 1. The molecule has 0 amide bonds. The minimum absolute atomic E-state index is 0.675. The van der Waals surface area contributed by atoms with Crippen molar-refractivity contribution in [3.63, 3.8) is 0 Å². The molecule has 27 heavy (non-hydrogen) atoms. The van der Waals surface area contributed by atoms with E-state index in [1.165, 1.54) is 0 Å². The molecule has 3 heteroatoms. The molecule has 0 fully saturated rings. The van der Waals surface area contributed by atoms with E-state index in [4.69, 9.17) is 4.42 Å². The van der Waals surface area contributed by atoms with Crippen LogP contribution >= 0.6 is 0 Å². The molecule has 2 heterocycles. The van der Waals surface area contributed by atoms with Gasteiger partial charge in [-0.1, -0.05) is 60.7 Å². The molecule has 0 saturated carbocycles. The van der Waals surface area contributed by atoms with Crippen LogP contribution in [0.2, 0.25) is 0 Å². The number of hydrogen-bond acceptors (Lipinski definition) is 3. The maximum Gasteiger partial charge on any atom is 0.179 e. The van der Waals surface area contributed by atoms with E-state index in [0.717, 1.165) is 38.8 Å². The Morgan fingerprint density at radius 2 is 1.33 bits per heavy atom. The van der Waals surface area contributed by atoms with Crippen LogP contribution in [-0.2, 0) is 0 Å². The third-order valence-corrected chi connectivity index (χ3v) is 4.62. The highest BCUT2D eigenvalue weighted by Gasteiger charge is 2.20. The van der Waals surface area contributed by atoms with Crippen LogP contribution in [0.25, 0.3) is 44.6 Å². The Balaban J connectivity index is 1.89. The second kappa shape index (κ2) is 6.54. The fourth-order valence-corrected chi connectivity index (χ4v) is 3.40. The van der Waals surface area contributed by atoms with Crippen molar-refractivity contribution in [3.8, 4) is 33.6 Å². The minimum Gasteiger partial charge on any atom is -0.452 e. The second-order valence-corrected chi connectivity index (χ2v) is 6.24. The Labute approximate surface area is 157 Å². The number of nitrogens with zero attached hydrogens (tertiary/aromatic N) is 2. The average molecular weight is 347 g/mol. The first kappa shape index (κ1) is 15.5. The van der Waals surface area contributed by atoms with Crippen LogP contribution in [0.1, 0.15) is 0 Å². The van der Waals surface area contributed by atoms with Gasteiger partial charge in [0.2, 0.25) is 0 Å². The summed E-state index contributed by atoms with van der Waals surface area (Å²) >= 11 is 0. The molecule has 0 unspecified atom stereocenters. The van der Waals surface area contributed by atoms with E-state index in [9.17, 15) is 0 Å². The molecule has 5 aromatic rings. The van der Waals surface area contributed by atoms with Gasteiger partial charge in [0.15, 0.2) is 12.1 Å². The van der Waals surface area contributed by atoms with Gasteiger partial charge in [0.25, 0.3) is 0 Å². The van der Waals surface area contributed by atoms with E-state index in [1.54, 1.807) is 12.4 Å². The molecule has 127 valence electrons. The van der Waals surface area contributed by atoms with Gasteiger partial charge in [0, 0.05) is 28.9 Å². The average Bonchev–Trinajstić information content (AvgIpc) is 3.19. The Hall–Kier alpha value is -3.72. The van der Waals surface area contributed by atoms with Crippen molar-refractivity contribution >= 4 is 11.0 Å². The minimum atomic E-state index is 0.675. The predicted octanol–water partition coefficient (Wildman–Crippen LogP) is 6.02. The van der Waals surface area contributed by atoms with Crippen molar-refractivity contribution in [1.29, 1.82) is 0 Å². The zero-order chi connectivity index (χ0) is 18.1. The summed E-state index contributed by atoms with van der Waals surface area (Å²) in [6.45, 7) is 0. The molecule has 0 aliphatic rings. The summed E-state index contributed by atoms with van der Waals surface area (Å²) in [5, 5.41) is 0.980.